The molecule has 3 unspecified atom stereocenters. The average molecular weight is 1670 g/mol. The average Bonchev–Trinajstić information content (AvgIpc) is 1.48. The second-order valence-electron chi connectivity index (χ2n) is 33.3. The van der Waals surface area contributed by atoms with Crippen LogP contribution in [0, 0.1) is 13.8 Å². The molecule has 3 aromatic heterocycles. The van der Waals surface area contributed by atoms with Crippen molar-refractivity contribution in [3.05, 3.63) is 274 Å². The van der Waals surface area contributed by atoms with Gasteiger partial charge in [0.05, 0.1) is 15.7 Å². The highest BCUT2D eigenvalue weighted by molar-refractivity contribution is 8.14. The van der Waals surface area contributed by atoms with Gasteiger partial charge in [-0.05, 0) is 248 Å². The number of alkyl halides is 6. The minimum atomic E-state index is -5.66. The lowest BCUT2D eigenvalue weighted by atomic mass is 9.70. The Hall–Kier alpha value is -11.3. The molecular weight excluding hydrogens is 1580 g/mol. The summed E-state index contributed by atoms with van der Waals surface area (Å²) in [7, 11) is 0. The van der Waals surface area contributed by atoms with Crippen LogP contribution < -0.4 is 4.74 Å². The molecule has 0 spiro atoms. The summed E-state index contributed by atoms with van der Waals surface area (Å²) in [6.45, 7) is 9.70. The maximum atomic E-state index is 16.2. The van der Waals surface area contributed by atoms with Gasteiger partial charge in [0.25, 0.3) is 0 Å². The molecule has 8 aromatic carbocycles. The van der Waals surface area contributed by atoms with E-state index < -0.39 is 43.8 Å². The van der Waals surface area contributed by atoms with Gasteiger partial charge >= 0.3 is 17.8 Å². The number of hydrogen-bond acceptors (Lipinski definition) is 14. The number of fused-ring (bicyclic) bond motifs is 12. The maximum Gasteiger partial charge on any atom is 0.380 e. The first-order valence-corrected chi connectivity index (χ1v) is 43.5. The Balaban J connectivity index is 0.619. The Bertz CT molecular complexity index is 6110. The van der Waals surface area contributed by atoms with Crippen LogP contribution in [0.3, 0.4) is 0 Å². The summed E-state index contributed by atoms with van der Waals surface area (Å²) in [5, 5.41) is 38.6. The molecular formula is C94H90F6N16O3S2. The van der Waals surface area contributed by atoms with Crippen LogP contribution in [-0.4, -0.2) is 82.5 Å². The quantitative estimate of drug-likeness (QED) is 0.0117. The van der Waals surface area contributed by atoms with Gasteiger partial charge in [-0.1, -0.05) is 224 Å². The number of rotatable bonds is 36. The zero-order valence-electron chi connectivity index (χ0n) is 67.8. The van der Waals surface area contributed by atoms with E-state index in [0.29, 0.717) is 75.1 Å². The number of azide groups is 3. The molecule has 0 saturated heterocycles. The predicted molar refractivity (Wildman–Crippen MR) is 464 cm³/mol. The van der Waals surface area contributed by atoms with Gasteiger partial charge in [-0.25, -0.2) is 9.26 Å². The van der Waals surface area contributed by atoms with Crippen molar-refractivity contribution >= 4 is 55.4 Å². The molecule has 1 saturated carbocycles. The first-order valence-electron chi connectivity index (χ1n) is 41.9. The van der Waals surface area contributed by atoms with Crippen molar-refractivity contribution in [1.29, 1.82) is 0 Å². The molecule has 0 N–H and O–H groups in total. The molecule has 3 atom stereocenters. The molecule has 5 heterocycles. The fourth-order valence-electron chi connectivity index (χ4n) is 19.7. The zero-order valence-corrected chi connectivity index (χ0v) is 69.4. The fraction of sp³-hybridized carbons (Fsp3) is 0.383. The number of thioether (sulfide) groups is 2. The summed E-state index contributed by atoms with van der Waals surface area (Å²) in [4.78, 5) is 10.00. The van der Waals surface area contributed by atoms with Crippen LogP contribution in [-0.2, 0) is 24.0 Å². The van der Waals surface area contributed by atoms with Crippen molar-refractivity contribution in [3.63, 3.8) is 0 Å². The summed E-state index contributed by atoms with van der Waals surface area (Å²) in [6.07, 6.45) is 23.1. The highest BCUT2D eigenvalue weighted by Gasteiger charge is 2.84. The van der Waals surface area contributed by atoms with Gasteiger partial charge in [-0.15, -0.1) is 28.6 Å². The number of benzene rings is 8. The monoisotopic (exact) mass is 1670 g/mol. The number of nitrogens with zero attached hydrogens (tertiary/aromatic N) is 16. The fourth-order valence-corrected chi connectivity index (χ4v) is 22.9. The van der Waals surface area contributed by atoms with E-state index in [9.17, 15) is 0 Å². The van der Waals surface area contributed by atoms with Crippen molar-refractivity contribution in [3.8, 4) is 61.4 Å². The lowest BCUT2D eigenvalue weighted by Gasteiger charge is -2.47. The molecule has 27 heteroatoms. The van der Waals surface area contributed by atoms with Crippen molar-refractivity contribution in [2.24, 2.45) is 15.3 Å². The van der Waals surface area contributed by atoms with E-state index in [1.807, 2.05) is 17.8 Å². The molecule has 0 radical (unpaired) electrons. The van der Waals surface area contributed by atoms with Gasteiger partial charge in [0.2, 0.25) is 0 Å². The lowest BCUT2D eigenvalue weighted by Crippen LogP contribution is -2.48. The Labute approximate surface area is 704 Å². The van der Waals surface area contributed by atoms with Crippen molar-refractivity contribution in [2.45, 2.75) is 207 Å². The molecule has 0 amide bonds. The second-order valence-corrected chi connectivity index (χ2v) is 36.2. The van der Waals surface area contributed by atoms with Crippen molar-refractivity contribution in [1.82, 2.24) is 35.6 Å². The van der Waals surface area contributed by atoms with Crippen molar-refractivity contribution < 1.29 is 40.3 Å². The number of unbranched alkanes of at least 4 members (excludes halogenated alkanes) is 12. The second kappa shape index (κ2) is 33.6. The Kier molecular flexibility index (Phi) is 22.8. The topological polar surface area (TPSA) is 264 Å². The van der Waals surface area contributed by atoms with Crippen LogP contribution in [0.1, 0.15) is 192 Å². The summed E-state index contributed by atoms with van der Waals surface area (Å²) in [5.74, 6) is -15.5. The molecule has 618 valence electrons. The summed E-state index contributed by atoms with van der Waals surface area (Å²) in [5.41, 5.74) is 46.0. The predicted octanol–water partition coefficient (Wildman–Crippen LogP) is 27.4. The van der Waals surface area contributed by atoms with Gasteiger partial charge in [-0.2, -0.15) is 26.3 Å². The van der Waals surface area contributed by atoms with Gasteiger partial charge in [0.1, 0.15) is 40.1 Å². The largest absolute Gasteiger partial charge is 0.487 e. The molecule has 1 fully saturated rings. The van der Waals surface area contributed by atoms with Gasteiger partial charge in [0.15, 0.2) is 0 Å². The highest BCUT2D eigenvalue weighted by Crippen LogP contribution is 2.76. The van der Waals surface area contributed by atoms with E-state index in [1.54, 1.807) is 68.4 Å². The minimum Gasteiger partial charge on any atom is -0.487 e. The van der Waals surface area contributed by atoms with Gasteiger partial charge in [-0.3, -0.25) is 4.68 Å². The molecule has 6 aliphatic rings. The first kappa shape index (κ1) is 82.0. The normalized spacial score (nSPS) is 20.3. The van der Waals surface area contributed by atoms with Crippen LogP contribution in [0.4, 0.5) is 26.3 Å². The molecule has 121 heavy (non-hydrogen) atoms. The third-order valence-corrected chi connectivity index (χ3v) is 29.4. The minimum absolute atomic E-state index is 0.0907. The smallest absolute Gasteiger partial charge is 0.380 e. The first-order chi connectivity index (χ1) is 58.7. The molecule has 0 bridgehead atoms. The Morgan fingerprint density at radius 3 is 1.28 bits per heavy atom. The van der Waals surface area contributed by atoms with Crippen LogP contribution in [0.25, 0.3) is 119 Å². The van der Waals surface area contributed by atoms with E-state index in [-0.39, 0.29) is 23.2 Å². The number of ether oxygens (including phenoxy) is 1. The number of halogens is 6. The van der Waals surface area contributed by atoms with E-state index in [0.717, 1.165) is 173 Å². The maximum absolute atomic E-state index is 16.2. The van der Waals surface area contributed by atoms with E-state index in [4.69, 9.17) is 40.9 Å². The summed E-state index contributed by atoms with van der Waals surface area (Å²) >= 11 is 2.44. The standard InChI is InChI=1S/C94H90F6N16O3S2/c1-58-26-35-70-71-37-31-63(52-75(71)90(74(70)50-58,42-16-5-9-20-46-104-112-101)43-17-6-10-21-47-105-113-102)68-40-41-69(87-86(68)110-119-111-87)64-32-39-73-72-38-30-62(67-36-27-59(2)84-85(67)109-118-108-84)51-76(72)91(77(73)53-64,44-18-7-11-22-48-106-114-103)45-19-8-12-23-49-116-56-65(107-115-116)57-117-66-33-28-61(29-34-66)81-55-79-83-82(92(95,96)94(99,100)93(83,97)98)78-54-80(60-24-14-13-15-25-60)120-88(78,3)89(79,4)121-81/h13-15,24-41,50-56H,5-12,16-23,42-49,57H2,1-4H3. The molecule has 19 nitrogen and oxygen atoms in total. The van der Waals surface area contributed by atoms with Gasteiger partial charge in [0, 0.05) is 89.4 Å². The van der Waals surface area contributed by atoms with E-state index in [1.165, 1.54) is 85.7 Å². The number of aromatic nitrogens is 7. The highest BCUT2D eigenvalue weighted by atomic mass is 32.2. The number of allylic oxidation sites excluding steroid dienone is 4. The Morgan fingerprint density at radius 1 is 0.430 bits per heavy atom. The van der Waals surface area contributed by atoms with Crippen LogP contribution in [0.15, 0.2) is 217 Å². The van der Waals surface area contributed by atoms with E-state index >= 15 is 26.3 Å². The summed E-state index contributed by atoms with van der Waals surface area (Å²) < 4.78 is 112. The SMILES string of the molecule is Cc1ccc2c(c1)C(CCCCCCN=[N+]=[N-])(CCCCCCN=[N+]=[N-])c1cc(-c3ccc(-c4ccc5c(c4)C(CCCCCCN=[N+]=[N-])(CCCCCCn4cc(COc6ccc(C7=CC8=C9C(=C%10C=C(c%11ccccc%11)SC%10(C)C8(C)S7)C(F)(F)C(F)(F)C9(F)F)cc6)nn4)c4cc(-c6ccc(C)c7nonc67)ccc4-5)c4nonc34)ccc1-2. The zero-order chi connectivity index (χ0) is 83.9. The lowest BCUT2D eigenvalue weighted by molar-refractivity contribution is -0.258. The number of hydrogen-bond donors (Lipinski definition) is 0. The van der Waals surface area contributed by atoms with Crippen LogP contribution in [0.5, 0.6) is 5.75 Å². The third kappa shape index (κ3) is 14.5. The van der Waals surface area contributed by atoms with Crippen LogP contribution in [0.2, 0.25) is 0 Å². The third-order valence-electron chi connectivity index (χ3n) is 26.1. The van der Waals surface area contributed by atoms with Crippen LogP contribution >= 0.6 is 23.5 Å². The van der Waals surface area contributed by atoms with Crippen molar-refractivity contribution in [2.75, 3.05) is 19.6 Å². The number of aryl methyl sites for hydroxylation is 3. The summed E-state index contributed by atoms with van der Waals surface area (Å²) in [6, 6.07) is 51.9. The Morgan fingerprint density at radius 2 is 0.818 bits per heavy atom. The van der Waals surface area contributed by atoms with E-state index in [2.05, 4.69) is 155 Å². The molecule has 11 aromatic rings. The van der Waals surface area contributed by atoms with Gasteiger partial charge < -0.3 is 4.74 Å². The molecule has 2 aliphatic heterocycles. The molecule has 17 rings (SSSR count). The molecule has 4 aliphatic carbocycles.